The maximum Gasteiger partial charge on any atom is 0.251 e. The van der Waals surface area contributed by atoms with E-state index in [0.717, 1.165) is 0 Å². The van der Waals surface area contributed by atoms with Gasteiger partial charge in [0.05, 0.1) is 4.90 Å². The first kappa shape index (κ1) is 23.4. The van der Waals surface area contributed by atoms with Crippen LogP contribution in [0, 0.1) is 0 Å². The van der Waals surface area contributed by atoms with Crippen molar-refractivity contribution in [3.63, 3.8) is 0 Å². The van der Waals surface area contributed by atoms with Gasteiger partial charge in [0.1, 0.15) is 0 Å². The summed E-state index contributed by atoms with van der Waals surface area (Å²) in [4.78, 5) is 25.2. The van der Waals surface area contributed by atoms with Crippen LogP contribution in [0.4, 0.5) is 0 Å². The van der Waals surface area contributed by atoms with Gasteiger partial charge >= 0.3 is 0 Å². The molecule has 0 unspecified atom stereocenters. The first-order valence-electron chi connectivity index (χ1n) is 8.43. The first-order valence-corrected chi connectivity index (χ1v) is 9.87. The molecule has 0 radical (unpaired) electrons. The van der Waals surface area contributed by atoms with Crippen molar-refractivity contribution in [1.82, 2.24) is 14.5 Å². The number of piperazine rings is 1. The highest BCUT2D eigenvalue weighted by atomic mass is 35.5. The number of nitrogens with two attached hydrogens (primary N) is 1. The number of nitrogens with one attached hydrogen (secondary N) is 1. The summed E-state index contributed by atoms with van der Waals surface area (Å²) in [6.07, 6.45) is 0. The summed E-state index contributed by atoms with van der Waals surface area (Å²) in [5.41, 5.74) is 5.67. The van der Waals surface area contributed by atoms with Crippen molar-refractivity contribution in [2.45, 2.75) is 31.2 Å². The van der Waals surface area contributed by atoms with Crippen LogP contribution < -0.4 is 11.1 Å². The summed E-state index contributed by atoms with van der Waals surface area (Å²) < 4.78 is 26.8. The largest absolute Gasteiger partial charge is 0.350 e. The minimum absolute atomic E-state index is 0. The van der Waals surface area contributed by atoms with Gasteiger partial charge in [0.15, 0.2) is 0 Å². The molecule has 1 aliphatic heterocycles. The molecule has 2 rings (SSSR count). The van der Waals surface area contributed by atoms with E-state index in [9.17, 15) is 18.0 Å². The normalized spacial score (nSPS) is 15.8. The third-order valence-electron chi connectivity index (χ3n) is 4.14. The fourth-order valence-corrected chi connectivity index (χ4v) is 4.00. The number of carbonyl (C=O) groups excluding carboxylic acids is 2. The van der Waals surface area contributed by atoms with Crippen LogP contribution in [-0.2, 0) is 14.8 Å². The van der Waals surface area contributed by atoms with E-state index in [-0.39, 0.29) is 42.2 Å². The van der Waals surface area contributed by atoms with Crippen molar-refractivity contribution in [2.75, 3.05) is 32.7 Å². The van der Waals surface area contributed by atoms with E-state index >= 15 is 0 Å². The fraction of sp³-hybridized carbons (Fsp3) is 0.529. The van der Waals surface area contributed by atoms with Gasteiger partial charge in [-0.1, -0.05) is 0 Å². The molecule has 0 saturated carbocycles. The number of sulfonamides is 1. The zero-order valence-electron chi connectivity index (χ0n) is 15.8. The number of halogens is 1. The van der Waals surface area contributed by atoms with E-state index in [1.807, 2.05) is 0 Å². The molecule has 1 saturated heterocycles. The van der Waals surface area contributed by atoms with Gasteiger partial charge in [0.25, 0.3) is 5.91 Å². The average Bonchev–Trinajstić information content (AvgIpc) is 2.59. The zero-order valence-corrected chi connectivity index (χ0v) is 17.4. The molecule has 1 aromatic carbocycles. The number of amides is 2. The standard InChI is InChI=1S/C17H26N4O4S.ClH/c1-13(22)20-8-10-21(11-9-20)26(24,25)15-6-4-14(5-7-15)16(23)19-12-17(2,3)18;/h4-7H,8-12,18H2,1-3H3,(H,19,23);1H. The highest BCUT2D eigenvalue weighted by Gasteiger charge is 2.29. The zero-order chi connectivity index (χ0) is 19.5. The summed E-state index contributed by atoms with van der Waals surface area (Å²) in [5.74, 6) is -0.361. The predicted octanol–water partition coefficient (Wildman–Crippen LogP) is 0.428. The van der Waals surface area contributed by atoms with Gasteiger partial charge in [-0.05, 0) is 38.1 Å². The van der Waals surface area contributed by atoms with Crippen molar-refractivity contribution in [2.24, 2.45) is 5.73 Å². The highest BCUT2D eigenvalue weighted by Crippen LogP contribution is 2.18. The molecular formula is C17H27ClN4O4S. The van der Waals surface area contributed by atoms with Gasteiger partial charge in [0, 0.05) is 50.7 Å². The third-order valence-corrected chi connectivity index (χ3v) is 6.06. The Bertz CT molecular complexity index is 767. The minimum atomic E-state index is -3.65. The van der Waals surface area contributed by atoms with E-state index in [1.165, 1.54) is 35.5 Å². The van der Waals surface area contributed by atoms with Crippen molar-refractivity contribution >= 4 is 34.2 Å². The van der Waals surface area contributed by atoms with E-state index in [1.54, 1.807) is 18.7 Å². The molecular weight excluding hydrogens is 392 g/mol. The number of rotatable bonds is 5. The summed E-state index contributed by atoms with van der Waals surface area (Å²) in [5, 5.41) is 2.71. The fourth-order valence-electron chi connectivity index (χ4n) is 2.58. The van der Waals surface area contributed by atoms with Gasteiger partial charge in [-0.25, -0.2) is 8.42 Å². The molecule has 3 N–H and O–H groups in total. The maximum absolute atomic E-state index is 12.7. The van der Waals surface area contributed by atoms with Gasteiger partial charge in [-0.15, -0.1) is 12.4 Å². The van der Waals surface area contributed by atoms with Crippen molar-refractivity contribution in [3.05, 3.63) is 29.8 Å². The molecule has 152 valence electrons. The SMILES string of the molecule is CC(=O)N1CCN(S(=O)(=O)c2ccc(C(=O)NCC(C)(C)N)cc2)CC1.Cl. The summed E-state index contributed by atoms with van der Waals surface area (Å²) in [7, 11) is -3.65. The summed E-state index contributed by atoms with van der Waals surface area (Å²) in [6.45, 7) is 6.66. The lowest BCUT2D eigenvalue weighted by Crippen LogP contribution is -2.49. The maximum atomic E-state index is 12.7. The lowest BCUT2D eigenvalue weighted by Gasteiger charge is -2.33. The Morgan fingerprint density at radius 2 is 1.63 bits per heavy atom. The lowest BCUT2D eigenvalue weighted by atomic mass is 10.1. The number of hydrogen-bond donors (Lipinski definition) is 2. The monoisotopic (exact) mass is 418 g/mol. The molecule has 1 fully saturated rings. The Morgan fingerprint density at radius 1 is 1.11 bits per heavy atom. The van der Waals surface area contributed by atoms with E-state index < -0.39 is 15.6 Å². The molecule has 0 aliphatic carbocycles. The predicted molar refractivity (Wildman–Crippen MR) is 105 cm³/mol. The molecule has 8 nitrogen and oxygen atoms in total. The van der Waals surface area contributed by atoms with Crippen LogP contribution in [0.5, 0.6) is 0 Å². The number of carbonyl (C=O) groups is 2. The highest BCUT2D eigenvalue weighted by molar-refractivity contribution is 7.89. The number of benzene rings is 1. The first-order chi connectivity index (χ1) is 12.0. The van der Waals surface area contributed by atoms with Crippen LogP contribution in [0.3, 0.4) is 0 Å². The number of hydrogen-bond acceptors (Lipinski definition) is 5. The Kier molecular flexibility index (Phi) is 7.79. The molecule has 0 atom stereocenters. The Labute approximate surface area is 166 Å². The Hall–Kier alpha value is -1.68. The second kappa shape index (κ2) is 9.01. The van der Waals surface area contributed by atoms with Crippen molar-refractivity contribution in [3.8, 4) is 0 Å². The average molecular weight is 419 g/mol. The smallest absolute Gasteiger partial charge is 0.251 e. The molecule has 2 amide bonds. The number of nitrogens with zero attached hydrogens (tertiary/aromatic N) is 2. The van der Waals surface area contributed by atoms with Gasteiger partial charge in [-0.3, -0.25) is 9.59 Å². The lowest BCUT2D eigenvalue weighted by molar-refractivity contribution is -0.129. The van der Waals surface area contributed by atoms with Gasteiger partial charge in [-0.2, -0.15) is 4.31 Å². The second-order valence-corrected chi connectivity index (χ2v) is 9.04. The van der Waals surface area contributed by atoms with Gasteiger partial charge in [0.2, 0.25) is 15.9 Å². The third kappa shape index (κ3) is 6.17. The molecule has 1 aromatic rings. The summed E-state index contributed by atoms with van der Waals surface area (Å²) >= 11 is 0. The molecule has 0 spiro atoms. The molecule has 27 heavy (non-hydrogen) atoms. The van der Waals surface area contributed by atoms with Crippen LogP contribution in [0.1, 0.15) is 31.1 Å². The van der Waals surface area contributed by atoms with Crippen LogP contribution in [0.15, 0.2) is 29.2 Å². The van der Waals surface area contributed by atoms with E-state index in [0.29, 0.717) is 25.2 Å². The molecule has 0 aromatic heterocycles. The minimum Gasteiger partial charge on any atom is -0.350 e. The molecule has 10 heteroatoms. The summed E-state index contributed by atoms with van der Waals surface area (Å²) in [6, 6.07) is 5.82. The van der Waals surface area contributed by atoms with Crippen LogP contribution in [0.2, 0.25) is 0 Å². The van der Waals surface area contributed by atoms with Crippen molar-refractivity contribution in [1.29, 1.82) is 0 Å². The Morgan fingerprint density at radius 3 is 2.07 bits per heavy atom. The Balaban J connectivity index is 0.00000364. The second-order valence-electron chi connectivity index (χ2n) is 7.11. The van der Waals surface area contributed by atoms with E-state index in [2.05, 4.69) is 5.32 Å². The van der Waals surface area contributed by atoms with Crippen LogP contribution in [-0.4, -0.2) is 67.7 Å². The van der Waals surface area contributed by atoms with Crippen LogP contribution in [0.25, 0.3) is 0 Å². The molecule has 1 aliphatic rings. The quantitative estimate of drug-likeness (QED) is 0.719. The topological polar surface area (TPSA) is 113 Å². The van der Waals surface area contributed by atoms with E-state index in [4.69, 9.17) is 5.73 Å². The van der Waals surface area contributed by atoms with Gasteiger partial charge < -0.3 is 16.0 Å². The molecule has 1 heterocycles. The molecule has 0 bridgehead atoms. The van der Waals surface area contributed by atoms with Crippen molar-refractivity contribution < 1.29 is 18.0 Å². The van der Waals surface area contributed by atoms with Crippen LogP contribution >= 0.6 is 12.4 Å².